The summed E-state index contributed by atoms with van der Waals surface area (Å²) >= 11 is 0. The lowest BCUT2D eigenvalue weighted by Gasteiger charge is -2.27. The quantitative estimate of drug-likeness (QED) is 0.696. The summed E-state index contributed by atoms with van der Waals surface area (Å²) in [6.45, 7) is 6.68. The number of alkyl halides is 3. The molecule has 0 aliphatic heterocycles. The molecule has 2 unspecified atom stereocenters. The zero-order chi connectivity index (χ0) is 13.6. The van der Waals surface area contributed by atoms with E-state index in [0.717, 1.165) is 0 Å². The first-order chi connectivity index (χ1) is 8.50. The molecular formula is C14H15F3O. The SMILES string of the molecule is C=CCOC(C(C=C)c1ccccc1)C(F)(F)F. The topological polar surface area (TPSA) is 9.23 Å². The van der Waals surface area contributed by atoms with Crippen molar-refractivity contribution < 1.29 is 17.9 Å². The number of rotatable bonds is 6. The summed E-state index contributed by atoms with van der Waals surface area (Å²) in [4.78, 5) is 0. The Labute approximate surface area is 105 Å². The molecule has 0 N–H and O–H groups in total. The second-order valence-electron chi connectivity index (χ2n) is 3.76. The third-order valence-corrected chi connectivity index (χ3v) is 2.48. The fraction of sp³-hybridized carbons (Fsp3) is 0.286. The molecule has 0 bridgehead atoms. The van der Waals surface area contributed by atoms with Gasteiger partial charge in [-0.25, -0.2) is 0 Å². The average molecular weight is 256 g/mol. The minimum absolute atomic E-state index is 0.151. The van der Waals surface area contributed by atoms with E-state index in [1.54, 1.807) is 30.3 Å². The molecule has 0 aliphatic rings. The van der Waals surface area contributed by atoms with Crippen molar-refractivity contribution in [2.24, 2.45) is 0 Å². The molecule has 1 rings (SSSR count). The Morgan fingerprint density at radius 3 is 2.22 bits per heavy atom. The molecule has 1 nitrogen and oxygen atoms in total. The number of hydrogen-bond acceptors (Lipinski definition) is 1. The van der Waals surface area contributed by atoms with Gasteiger partial charge in [0.2, 0.25) is 0 Å². The van der Waals surface area contributed by atoms with Gasteiger partial charge in [0, 0.05) is 5.92 Å². The minimum atomic E-state index is -4.45. The number of hydrogen-bond donors (Lipinski definition) is 0. The van der Waals surface area contributed by atoms with Crippen LogP contribution in [0, 0.1) is 0 Å². The second-order valence-corrected chi connectivity index (χ2v) is 3.76. The monoisotopic (exact) mass is 256 g/mol. The van der Waals surface area contributed by atoms with Crippen molar-refractivity contribution in [2.75, 3.05) is 6.61 Å². The van der Waals surface area contributed by atoms with Gasteiger partial charge >= 0.3 is 6.18 Å². The predicted octanol–water partition coefficient (Wildman–Crippen LogP) is 4.09. The molecule has 0 fully saturated rings. The maximum Gasteiger partial charge on any atom is 0.415 e. The van der Waals surface area contributed by atoms with Crippen LogP contribution in [0.1, 0.15) is 11.5 Å². The Balaban J connectivity index is 3.01. The van der Waals surface area contributed by atoms with Crippen LogP contribution in [-0.4, -0.2) is 18.9 Å². The molecule has 1 aromatic rings. The first-order valence-corrected chi connectivity index (χ1v) is 5.47. The second kappa shape index (κ2) is 6.40. The van der Waals surface area contributed by atoms with Gasteiger partial charge in [-0.15, -0.1) is 13.2 Å². The zero-order valence-electron chi connectivity index (χ0n) is 9.86. The Hall–Kier alpha value is -1.55. The third kappa shape index (κ3) is 3.74. The van der Waals surface area contributed by atoms with E-state index in [9.17, 15) is 13.2 Å². The molecular weight excluding hydrogens is 241 g/mol. The lowest BCUT2D eigenvalue weighted by atomic mass is 9.93. The molecule has 0 saturated heterocycles. The Kier molecular flexibility index (Phi) is 5.16. The molecule has 0 saturated carbocycles. The van der Waals surface area contributed by atoms with E-state index in [2.05, 4.69) is 13.2 Å². The molecule has 0 radical (unpaired) electrons. The van der Waals surface area contributed by atoms with Gasteiger partial charge < -0.3 is 4.74 Å². The van der Waals surface area contributed by atoms with Crippen molar-refractivity contribution >= 4 is 0 Å². The van der Waals surface area contributed by atoms with Gasteiger partial charge in [0.1, 0.15) is 0 Å². The zero-order valence-corrected chi connectivity index (χ0v) is 9.86. The van der Waals surface area contributed by atoms with E-state index in [0.29, 0.717) is 5.56 Å². The van der Waals surface area contributed by atoms with Gasteiger partial charge in [-0.2, -0.15) is 13.2 Å². The van der Waals surface area contributed by atoms with Crippen molar-refractivity contribution in [2.45, 2.75) is 18.2 Å². The maximum atomic E-state index is 13.0. The first-order valence-electron chi connectivity index (χ1n) is 5.47. The molecule has 0 amide bonds. The number of halogens is 3. The van der Waals surface area contributed by atoms with Gasteiger partial charge in [0.25, 0.3) is 0 Å². The van der Waals surface area contributed by atoms with Crippen molar-refractivity contribution in [1.29, 1.82) is 0 Å². The van der Waals surface area contributed by atoms with Crippen LogP contribution in [0.3, 0.4) is 0 Å². The van der Waals surface area contributed by atoms with Crippen LogP contribution in [-0.2, 0) is 4.74 Å². The highest BCUT2D eigenvalue weighted by atomic mass is 19.4. The fourth-order valence-corrected chi connectivity index (χ4v) is 1.68. The summed E-state index contributed by atoms with van der Waals surface area (Å²) in [7, 11) is 0. The van der Waals surface area contributed by atoms with E-state index in [1.807, 2.05) is 0 Å². The highest BCUT2D eigenvalue weighted by molar-refractivity contribution is 5.25. The van der Waals surface area contributed by atoms with Crippen LogP contribution in [0.4, 0.5) is 13.2 Å². The third-order valence-electron chi connectivity index (χ3n) is 2.48. The van der Waals surface area contributed by atoms with Gasteiger partial charge in [-0.3, -0.25) is 0 Å². The Bertz CT molecular complexity index is 384. The van der Waals surface area contributed by atoms with Crippen LogP contribution >= 0.6 is 0 Å². The summed E-state index contributed by atoms with van der Waals surface area (Å²) in [5.41, 5.74) is 0.527. The van der Waals surface area contributed by atoms with Gasteiger partial charge in [0.15, 0.2) is 6.10 Å². The Morgan fingerprint density at radius 2 is 1.78 bits per heavy atom. The lowest BCUT2D eigenvalue weighted by molar-refractivity contribution is -0.220. The van der Waals surface area contributed by atoms with E-state index in [-0.39, 0.29) is 6.61 Å². The first kappa shape index (κ1) is 14.5. The maximum absolute atomic E-state index is 13.0. The summed E-state index contributed by atoms with van der Waals surface area (Å²) in [5, 5.41) is 0. The highest BCUT2D eigenvalue weighted by Crippen LogP contribution is 2.34. The van der Waals surface area contributed by atoms with Crippen molar-refractivity contribution in [3.05, 3.63) is 61.2 Å². The van der Waals surface area contributed by atoms with E-state index < -0.39 is 18.2 Å². The molecule has 0 spiro atoms. The van der Waals surface area contributed by atoms with Crippen LogP contribution in [0.5, 0.6) is 0 Å². The van der Waals surface area contributed by atoms with Crippen LogP contribution < -0.4 is 0 Å². The molecule has 98 valence electrons. The summed E-state index contributed by atoms with van der Waals surface area (Å²) < 4.78 is 43.7. The van der Waals surface area contributed by atoms with Crippen molar-refractivity contribution in [3.63, 3.8) is 0 Å². The van der Waals surface area contributed by atoms with Crippen LogP contribution in [0.2, 0.25) is 0 Å². The standard InChI is InChI=1S/C14H15F3O/c1-3-10-18-13(14(15,16)17)12(4-2)11-8-6-5-7-9-11/h3-9,12-13H,1-2,10H2. The molecule has 4 heteroatoms. The largest absolute Gasteiger partial charge is 0.415 e. The molecule has 1 aromatic carbocycles. The average Bonchev–Trinajstić information content (AvgIpc) is 2.34. The molecule has 18 heavy (non-hydrogen) atoms. The Morgan fingerprint density at radius 1 is 1.17 bits per heavy atom. The highest BCUT2D eigenvalue weighted by Gasteiger charge is 2.45. The normalized spacial score (nSPS) is 14.8. The van der Waals surface area contributed by atoms with Gasteiger partial charge in [0.05, 0.1) is 6.61 Å². The summed E-state index contributed by atoms with van der Waals surface area (Å²) in [5.74, 6) is -0.925. The fourth-order valence-electron chi connectivity index (χ4n) is 1.68. The smallest absolute Gasteiger partial charge is 0.364 e. The summed E-state index contributed by atoms with van der Waals surface area (Å²) in [6, 6.07) is 8.38. The van der Waals surface area contributed by atoms with Gasteiger partial charge in [-0.05, 0) is 5.56 Å². The molecule has 0 aromatic heterocycles. The summed E-state index contributed by atoms with van der Waals surface area (Å²) in [6.07, 6.45) is -3.80. The molecule has 0 aliphatic carbocycles. The molecule has 2 atom stereocenters. The minimum Gasteiger partial charge on any atom is -0.364 e. The van der Waals surface area contributed by atoms with Gasteiger partial charge in [-0.1, -0.05) is 42.5 Å². The van der Waals surface area contributed by atoms with Crippen LogP contribution in [0.25, 0.3) is 0 Å². The van der Waals surface area contributed by atoms with E-state index in [1.165, 1.54) is 12.2 Å². The van der Waals surface area contributed by atoms with E-state index >= 15 is 0 Å². The van der Waals surface area contributed by atoms with Crippen LogP contribution in [0.15, 0.2) is 55.6 Å². The lowest BCUT2D eigenvalue weighted by Crippen LogP contribution is -2.36. The number of ether oxygens (including phenoxy) is 1. The van der Waals surface area contributed by atoms with E-state index in [4.69, 9.17) is 4.74 Å². The van der Waals surface area contributed by atoms with Crippen molar-refractivity contribution in [3.8, 4) is 0 Å². The van der Waals surface area contributed by atoms with Crippen molar-refractivity contribution in [1.82, 2.24) is 0 Å². The molecule has 0 heterocycles. The number of benzene rings is 1. The predicted molar refractivity (Wildman–Crippen MR) is 65.4 cm³/mol.